The zero-order chi connectivity index (χ0) is 25.7. The summed E-state index contributed by atoms with van der Waals surface area (Å²) in [5.74, 6) is 1.02. The summed E-state index contributed by atoms with van der Waals surface area (Å²) in [4.78, 5) is 26.0. The molecule has 0 atom stereocenters. The summed E-state index contributed by atoms with van der Waals surface area (Å²) in [7, 11) is 0. The summed E-state index contributed by atoms with van der Waals surface area (Å²) in [5.41, 5.74) is -0.165. The number of ether oxygens (including phenoxy) is 3. The Kier molecular flexibility index (Phi) is 7.24. The van der Waals surface area contributed by atoms with Crippen LogP contribution in [0.15, 0.2) is 77.7 Å². The van der Waals surface area contributed by atoms with Crippen LogP contribution in [0.5, 0.6) is 17.2 Å². The van der Waals surface area contributed by atoms with Gasteiger partial charge in [0.05, 0.1) is 19.3 Å². The van der Waals surface area contributed by atoms with Crippen molar-refractivity contribution in [2.24, 2.45) is 0 Å². The molecule has 0 aliphatic rings. The molecule has 8 nitrogen and oxygen atoms in total. The summed E-state index contributed by atoms with van der Waals surface area (Å²) < 4.78 is 18.1. The van der Waals surface area contributed by atoms with Gasteiger partial charge in [0.15, 0.2) is 0 Å². The number of nitrogens with one attached hydrogen (secondary N) is 1. The average Bonchev–Trinajstić information content (AvgIpc) is 2.83. The van der Waals surface area contributed by atoms with Gasteiger partial charge in [-0.25, -0.2) is 9.48 Å². The number of anilines is 1. The Morgan fingerprint density at radius 2 is 1.67 bits per heavy atom. The number of amides is 1. The summed E-state index contributed by atoms with van der Waals surface area (Å²) in [6.45, 7) is 7.92. The lowest BCUT2D eigenvalue weighted by molar-refractivity contribution is 0.0635. The molecule has 3 aromatic carbocycles. The third-order valence-corrected chi connectivity index (χ3v) is 5.19. The van der Waals surface area contributed by atoms with Crippen LogP contribution in [0.4, 0.5) is 10.5 Å². The number of nitrogens with zero attached hydrogens (tertiary/aromatic N) is 2. The summed E-state index contributed by atoms with van der Waals surface area (Å²) >= 11 is 0. The molecule has 1 heterocycles. The lowest BCUT2D eigenvalue weighted by atomic mass is 10.0. The summed E-state index contributed by atoms with van der Waals surface area (Å²) in [6, 6.07) is 20.7. The Morgan fingerprint density at radius 3 is 2.39 bits per heavy atom. The van der Waals surface area contributed by atoms with Crippen molar-refractivity contribution in [2.45, 2.75) is 39.8 Å². The highest BCUT2D eigenvalue weighted by Gasteiger charge is 2.21. The van der Waals surface area contributed by atoms with Crippen LogP contribution in [0.1, 0.15) is 33.3 Å². The van der Waals surface area contributed by atoms with Crippen LogP contribution in [0.2, 0.25) is 0 Å². The van der Waals surface area contributed by atoms with Gasteiger partial charge >= 0.3 is 11.7 Å². The molecule has 0 unspecified atom stereocenters. The molecule has 186 valence electrons. The van der Waals surface area contributed by atoms with E-state index in [9.17, 15) is 9.59 Å². The molecule has 0 fully saturated rings. The van der Waals surface area contributed by atoms with Crippen molar-refractivity contribution in [3.8, 4) is 17.2 Å². The van der Waals surface area contributed by atoms with Crippen LogP contribution in [-0.4, -0.2) is 28.1 Å². The highest BCUT2D eigenvalue weighted by atomic mass is 16.6. The summed E-state index contributed by atoms with van der Waals surface area (Å²) in [6.07, 6.45) is 0.674. The molecule has 0 saturated heterocycles. The molecule has 4 aromatic rings. The zero-order valence-electron chi connectivity index (χ0n) is 20.8. The first-order valence-corrected chi connectivity index (χ1v) is 11.7. The lowest BCUT2D eigenvalue weighted by Crippen LogP contribution is -2.29. The van der Waals surface area contributed by atoms with Crippen molar-refractivity contribution in [2.75, 3.05) is 11.9 Å². The first kappa shape index (κ1) is 24.8. The quantitative estimate of drug-likeness (QED) is 0.345. The Morgan fingerprint density at radius 1 is 0.972 bits per heavy atom. The maximum Gasteiger partial charge on any atom is 0.412 e. The molecule has 0 spiro atoms. The van der Waals surface area contributed by atoms with Crippen molar-refractivity contribution in [1.29, 1.82) is 0 Å². The number of benzene rings is 3. The van der Waals surface area contributed by atoms with Crippen LogP contribution in [0.3, 0.4) is 0 Å². The molecule has 0 aliphatic carbocycles. The van der Waals surface area contributed by atoms with E-state index in [4.69, 9.17) is 14.2 Å². The van der Waals surface area contributed by atoms with E-state index >= 15 is 0 Å². The van der Waals surface area contributed by atoms with Crippen LogP contribution in [0, 0.1) is 0 Å². The van der Waals surface area contributed by atoms with E-state index < -0.39 is 17.3 Å². The smallest absolute Gasteiger partial charge is 0.412 e. The summed E-state index contributed by atoms with van der Waals surface area (Å²) in [5, 5.41) is 8.99. The maximum absolute atomic E-state index is 13.5. The fourth-order valence-electron chi connectivity index (χ4n) is 3.66. The average molecular weight is 488 g/mol. The second-order valence-corrected chi connectivity index (χ2v) is 9.12. The van der Waals surface area contributed by atoms with Crippen LogP contribution < -0.4 is 20.3 Å². The molecule has 1 amide bonds. The van der Waals surface area contributed by atoms with Gasteiger partial charge in [-0.1, -0.05) is 42.5 Å². The van der Waals surface area contributed by atoms with E-state index in [0.717, 1.165) is 16.3 Å². The number of hydrogen-bond acceptors (Lipinski definition) is 6. The minimum atomic E-state index is -0.716. The largest absolute Gasteiger partial charge is 0.494 e. The first-order valence-electron chi connectivity index (χ1n) is 11.7. The fourth-order valence-corrected chi connectivity index (χ4v) is 3.66. The highest BCUT2D eigenvalue weighted by molar-refractivity contribution is 5.87. The third-order valence-electron chi connectivity index (χ3n) is 5.19. The number of aromatic nitrogens is 2. The Hall–Kier alpha value is -4.33. The van der Waals surface area contributed by atoms with Crippen molar-refractivity contribution in [3.63, 3.8) is 0 Å². The molecular weight excluding hydrogens is 458 g/mol. The van der Waals surface area contributed by atoms with Crippen molar-refractivity contribution < 1.29 is 19.0 Å². The molecular formula is C28H29N3O5. The van der Waals surface area contributed by atoms with Gasteiger partial charge in [0, 0.05) is 0 Å². The van der Waals surface area contributed by atoms with Gasteiger partial charge in [0.2, 0.25) is 5.75 Å². The van der Waals surface area contributed by atoms with Crippen molar-refractivity contribution >= 4 is 22.6 Å². The normalized spacial score (nSPS) is 11.2. The number of rotatable bonds is 7. The van der Waals surface area contributed by atoms with Crippen LogP contribution in [-0.2, 0) is 11.3 Å². The minimum Gasteiger partial charge on any atom is -0.494 e. The van der Waals surface area contributed by atoms with E-state index in [0.29, 0.717) is 18.1 Å². The number of hydrogen-bond donors (Lipinski definition) is 1. The molecule has 0 saturated carbocycles. The van der Waals surface area contributed by atoms with Gasteiger partial charge in [0.25, 0.3) is 0 Å². The Bertz CT molecular complexity index is 1420. The van der Waals surface area contributed by atoms with Gasteiger partial charge in [-0.05, 0) is 68.3 Å². The highest BCUT2D eigenvalue weighted by Crippen LogP contribution is 2.28. The predicted octanol–water partition coefficient (Wildman–Crippen LogP) is 5.98. The topological polar surface area (TPSA) is 91.7 Å². The van der Waals surface area contributed by atoms with E-state index in [1.54, 1.807) is 45.0 Å². The molecule has 0 radical (unpaired) electrons. The first-order chi connectivity index (χ1) is 17.2. The van der Waals surface area contributed by atoms with E-state index in [1.165, 1.54) is 10.9 Å². The van der Waals surface area contributed by atoms with E-state index in [-0.39, 0.29) is 18.0 Å². The molecule has 1 N–H and O–H groups in total. The Labute approximate surface area is 209 Å². The molecule has 36 heavy (non-hydrogen) atoms. The molecule has 4 rings (SSSR count). The fraction of sp³-hybridized carbons (Fsp3) is 0.250. The molecule has 8 heteroatoms. The molecule has 1 aromatic heterocycles. The standard InChI is InChI=1S/C28H29N3O5/c1-5-34-21-13-15-22(16-14-21)35-25-24(30-27(33)36-28(2,3)4)17-29-31(26(25)32)18-20-11-8-10-19-9-6-7-12-23(19)20/h6-17H,5,18H2,1-4H3,(H,30,33). The second-order valence-electron chi connectivity index (χ2n) is 9.12. The van der Waals surface area contributed by atoms with Crippen LogP contribution >= 0.6 is 0 Å². The SMILES string of the molecule is CCOc1ccc(Oc2c(NC(=O)OC(C)(C)C)cnn(Cc3cccc4ccccc34)c2=O)cc1. The number of carbonyl (C=O) groups excluding carboxylic acids is 1. The van der Waals surface area contributed by atoms with Gasteiger partial charge in [-0.2, -0.15) is 5.10 Å². The molecule has 0 aliphatic heterocycles. The molecule has 0 bridgehead atoms. The minimum absolute atomic E-state index is 0.0692. The van der Waals surface area contributed by atoms with E-state index in [2.05, 4.69) is 10.4 Å². The van der Waals surface area contributed by atoms with Crippen LogP contribution in [0.25, 0.3) is 10.8 Å². The van der Waals surface area contributed by atoms with Gasteiger partial charge in [-0.3, -0.25) is 10.1 Å². The van der Waals surface area contributed by atoms with Gasteiger partial charge in [-0.15, -0.1) is 0 Å². The van der Waals surface area contributed by atoms with Gasteiger partial charge < -0.3 is 14.2 Å². The lowest BCUT2D eigenvalue weighted by Gasteiger charge is -2.20. The number of fused-ring (bicyclic) bond motifs is 1. The predicted molar refractivity (Wildman–Crippen MR) is 139 cm³/mol. The maximum atomic E-state index is 13.5. The van der Waals surface area contributed by atoms with Crippen molar-refractivity contribution in [3.05, 3.63) is 88.8 Å². The van der Waals surface area contributed by atoms with E-state index in [1.807, 2.05) is 49.4 Å². The zero-order valence-corrected chi connectivity index (χ0v) is 20.8. The van der Waals surface area contributed by atoms with Crippen molar-refractivity contribution in [1.82, 2.24) is 9.78 Å². The number of carbonyl (C=O) groups is 1. The third kappa shape index (κ3) is 6.02. The monoisotopic (exact) mass is 487 g/mol. The van der Waals surface area contributed by atoms with Gasteiger partial charge in [0.1, 0.15) is 22.8 Å². The second kappa shape index (κ2) is 10.5. The Balaban J connectivity index is 1.70.